The van der Waals surface area contributed by atoms with E-state index in [-0.39, 0.29) is 0 Å². The molecule has 0 unspecified atom stereocenters. The Bertz CT molecular complexity index is 402. The van der Waals surface area contributed by atoms with Gasteiger partial charge in [-0.25, -0.2) is 4.98 Å². The van der Waals surface area contributed by atoms with Crippen LogP contribution in [0.2, 0.25) is 0 Å². The van der Waals surface area contributed by atoms with E-state index in [9.17, 15) is 0 Å². The Hall–Kier alpha value is -1.05. The van der Waals surface area contributed by atoms with Crippen molar-refractivity contribution in [3.8, 4) is 0 Å². The molecule has 1 aromatic rings. The van der Waals surface area contributed by atoms with E-state index >= 15 is 0 Å². The lowest BCUT2D eigenvalue weighted by Gasteiger charge is -2.41. The third kappa shape index (κ3) is 2.05. The van der Waals surface area contributed by atoms with Gasteiger partial charge >= 0.3 is 0 Å². The molecule has 1 heterocycles. The molecule has 0 spiro atoms. The number of hydrogen-bond acceptors (Lipinski definition) is 2. The van der Waals surface area contributed by atoms with E-state index in [1.165, 1.54) is 56.2 Å². The Morgan fingerprint density at radius 1 is 1.24 bits per heavy atom. The van der Waals surface area contributed by atoms with Crippen LogP contribution in [0, 0.1) is 5.41 Å². The van der Waals surface area contributed by atoms with Crippen molar-refractivity contribution in [2.45, 2.75) is 51.9 Å². The van der Waals surface area contributed by atoms with Crippen LogP contribution in [0.5, 0.6) is 0 Å². The van der Waals surface area contributed by atoms with E-state index in [4.69, 9.17) is 4.98 Å². The highest BCUT2D eigenvalue weighted by atomic mass is 15.0. The Morgan fingerprint density at radius 2 is 2.12 bits per heavy atom. The van der Waals surface area contributed by atoms with Crippen molar-refractivity contribution in [1.82, 2.24) is 4.98 Å². The molecule has 0 bridgehead atoms. The highest BCUT2D eigenvalue weighted by molar-refractivity contribution is 5.40. The summed E-state index contributed by atoms with van der Waals surface area (Å²) >= 11 is 0. The number of hydrogen-bond donors (Lipinski definition) is 1. The lowest BCUT2D eigenvalue weighted by molar-refractivity contribution is 0.145. The van der Waals surface area contributed by atoms with Crippen molar-refractivity contribution in [1.29, 1.82) is 0 Å². The molecule has 0 aliphatic heterocycles. The van der Waals surface area contributed by atoms with Crippen LogP contribution in [0.4, 0.5) is 5.82 Å². The zero-order valence-corrected chi connectivity index (χ0v) is 10.8. The van der Waals surface area contributed by atoms with Crippen LogP contribution in [0.25, 0.3) is 0 Å². The molecule has 2 nitrogen and oxygen atoms in total. The number of aryl methyl sites for hydroxylation is 2. The van der Waals surface area contributed by atoms with Crippen molar-refractivity contribution in [2.75, 3.05) is 11.9 Å². The van der Waals surface area contributed by atoms with Crippen LogP contribution < -0.4 is 5.32 Å². The molecule has 0 aromatic carbocycles. The van der Waals surface area contributed by atoms with E-state index in [1.54, 1.807) is 0 Å². The van der Waals surface area contributed by atoms with Crippen molar-refractivity contribution in [3.05, 3.63) is 23.4 Å². The fourth-order valence-corrected chi connectivity index (χ4v) is 3.13. The number of anilines is 1. The summed E-state index contributed by atoms with van der Waals surface area (Å²) in [7, 11) is 0. The summed E-state index contributed by atoms with van der Waals surface area (Å²) in [4.78, 5) is 4.74. The molecule has 0 saturated heterocycles. The summed E-state index contributed by atoms with van der Waals surface area (Å²) in [6.45, 7) is 3.42. The largest absolute Gasteiger partial charge is 0.370 e. The molecule has 92 valence electrons. The summed E-state index contributed by atoms with van der Waals surface area (Å²) in [5, 5.41) is 3.56. The Balaban J connectivity index is 1.65. The number of aromatic nitrogens is 1. The lowest BCUT2D eigenvalue weighted by Crippen LogP contribution is -2.36. The maximum Gasteiger partial charge on any atom is 0.126 e. The van der Waals surface area contributed by atoms with Crippen LogP contribution in [0.1, 0.15) is 50.3 Å². The van der Waals surface area contributed by atoms with Gasteiger partial charge in [-0.15, -0.1) is 0 Å². The highest BCUT2D eigenvalue weighted by Crippen LogP contribution is 2.43. The van der Waals surface area contributed by atoms with Crippen molar-refractivity contribution < 1.29 is 0 Å². The van der Waals surface area contributed by atoms with Crippen LogP contribution in [0.15, 0.2) is 12.1 Å². The van der Waals surface area contributed by atoms with Gasteiger partial charge in [0.05, 0.1) is 0 Å². The predicted molar refractivity (Wildman–Crippen MR) is 71.3 cm³/mol. The Kier molecular flexibility index (Phi) is 2.81. The molecule has 1 saturated carbocycles. The van der Waals surface area contributed by atoms with Gasteiger partial charge in [-0.05, 0) is 55.6 Å². The minimum absolute atomic E-state index is 0.570. The third-order valence-corrected chi connectivity index (χ3v) is 4.74. The quantitative estimate of drug-likeness (QED) is 0.855. The minimum atomic E-state index is 0.570. The molecule has 2 aliphatic rings. The molecular weight excluding hydrogens is 208 g/mol. The molecule has 1 aromatic heterocycles. The molecule has 2 heteroatoms. The van der Waals surface area contributed by atoms with Crippen molar-refractivity contribution >= 4 is 5.82 Å². The van der Waals surface area contributed by atoms with Crippen molar-refractivity contribution in [2.24, 2.45) is 5.41 Å². The summed E-state index contributed by atoms with van der Waals surface area (Å²) in [5.41, 5.74) is 3.36. The molecule has 1 fully saturated rings. The van der Waals surface area contributed by atoms with Gasteiger partial charge in [-0.3, -0.25) is 0 Å². The number of nitrogens with zero attached hydrogens (tertiary/aromatic N) is 1. The van der Waals surface area contributed by atoms with Crippen LogP contribution in [-0.4, -0.2) is 11.5 Å². The molecule has 3 rings (SSSR count). The third-order valence-electron chi connectivity index (χ3n) is 4.74. The van der Waals surface area contributed by atoms with E-state index < -0.39 is 0 Å². The standard InChI is InChI=1S/C15H22N2/c1-2-15(9-4-10-15)11-16-14-8-7-12-5-3-6-13(12)17-14/h7-8H,2-6,9-11H2,1H3,(H,16,17). The van der Waals surface area contributed by atoms with Gasteiger partial charge in [0, 0.05) is 12.2 Å². The number of fused-ring (bicyclic) bond motifs is 1. The van der Waals surface area contributed by atoms with Crippen LogP contribution in [0.3, 0.4) is 0 Å². The highest BCUT2D eigenvalue weighted by Gasteiger charge is 2.34. The zero-order valence-electron chi connectivity index (χ0n) is 10.8. The van der Waals surface area contributed by atoms with E-state index in [2.05, 4.69) is 24.4 Å². The first-order chi connectivity index (χ1) is 8.31. The van der Waals surface area contributed by atoms with E-state index in [0.717, 1.165) is 12.4 Å². The lowest BCUT2D eigenvalue weighted by atomic mass is 9.67. The SMILES string of the molecule is CCC1(CNc2ccc3c(n2)CCC3)CCC1. The molecule has 0 atom stereocenters. The molecule has 0 amide bonds. The normalized spacial score (nSPS) is 20.8. The summed E-state index contributed by atoms with van der Waals surface area (Å²) in [5.74, 6) is 1.09. The number of pyridine rings is 1. The maximum absolute atomic E-state index is 4.74. The first kappa shape index (κ1) is 11.1. The Labute approximate surface area is 104 Å². The van der Waals surface area contributed by atoms with Gasteiger partial charge in [-0.1, -0.05) is 19.4 Å². The monoisotopic (exact) mass is 230 g/mol. The molecule has 2 aliphatic carbocycles. The second-order valence-electron chi connectivity index (χ2n) is 5.72. The van der Waals surface area contributed by atoms with Gasteiger partial charge in [-0.2, -0.15) is 0 Å². The zero-order chi connectivity index (χ0) is 11.7. The summed E-state index contributed by atoms with van der Waals surface area (Å²) < 4.78 is 0. The number of nitrogens with one attached hydrogen (secondary N) is 1. The second-order valence-corrected chi connectivity index (χ2v) is 5.72. The molecule has 1 N–H and O–H groups in total. The maximum atomic E-state index is 4.74. The predicted octanol–water partition coefficient (Wildman–Crippen LogP) is 3.56. The average Bonchev–Trinajstić information content (AvgIpc) is 2.75. The average molecular weight is 230 g/mol. The van der Waals surface area contributed by atoms with Crippen LogP contribution in [-0.2, 0) is 12.8 Å². The smallest absolute Gasteiger partial charge is 0.126 e. The molecule has 0 radical (unpaired) electrons. The fourth-order valence-electron chi connectivity index (χ4n) is 3.13. The van der Waals surface area contributed by atoms with Gasteiger partial charge in [0.15, 0.2) is 0 Å². The molecule has 17 heavy (non-hydrogen) atoms. The minimum Gasteiger partial charge on any atom is -0.370 e. The molecular formula is C15H22N2. The van der Waals surface area contributed by atoms with Crippen molar-refractivity contribution in [3.63, 3.8) is 0 Å². The van der Waals surface area contributed by atoms with E-state index in [0.29, 0.717) is 5.41 Å². The summed E-state index contributed by atoms with van der Waals surface area (Å²) in [6, 6.07) is 4.42. The van der Waals surface area contributed by atoms with E-state index in [1.807, 2.05) is 0 Å². The van der Waals surface area contributed by atoms with Gasteiger partial charge in [0.2, 0.25) is 0 Å². The first-order valence-corrected chi connectivity index (χ1v) is 7.04. The van der Waals surface area contributed by atoms with Gasteiger partial charge in [0.1, 0.15) is 5.82 Å². The van der Waals surface area contributed by atoms with Crippen LogP contribution >= 0.6 is 0 Å². The first-order valence-electron chi connectivity index (χ1n) is 7.04. The second kappa shape index (κ2) is 4.32. The van der Waals surface area contributed by atoms with Gasteiger partial charge in [0.25, 0.3) is 0 Å². The topological polar surface area (TPSA) is 24.9 Å². The Morgan fingerprint density at radius 3 is 2.82 bits per heavy atom. The van der Waals surface area contributed by atoms with Gasteiger partial charge < -0.3 is 5.32 Å². The number of rotatable bonds is 4. The summed E-state index contributed by atoms with van der Waals surface area (Å²) in [6.07, 6.45) is 9.16. The fraction of sp³-hybridized carbons (Fsp3) is 0.667.